The van der Waals surface area contributed by atoms with Crippen molar-refractivity contribution < 1.29 is 4.74 Å². The summed E-state index contributed by atoms with van der Waals surface area (Å²) in [7, 11) is 1.67. The number of halogens is 1. The molecule has 1 heterocycles. The van der Waals surface area contributed by atoms with Crippen molar-refractivity contribution in [1.29, 1.82) is 0 Å². The van der Waals surface area contributed by atoms with Crippen LogP contribution >= 0.6 is 15.9 Å². The number of ether oxygens (including phenoxy) is 1. The zero-order chi connectivity index (χ0) is 12.3. The maximum Gasteiger partial charge on any atom is 0.254 e. The molecule has 0 N–H and O–H groups in total. The van der Waals surface area contributed by atoms with Gasteiger partial charge in [-0.1, -0.05) is 15.9 Å². The van der Waals surface area contributed by atoms with Gasteiger partial charge in [0.1, 0.15) is 0 Å². The average Bonchev–Trinajstić information content (AvgIpc) is 2.37. The van der Waals surface area contributed by atoms with Crippen molar-refractivity contribution in [3.63, 3.8) is 0 Å². The number of aromatic nitrogens is 1. The fraction of sp³-hybridized carbons (Fsp3) is 0.615. The Morgan fingerprint density at radius 1 is 1.41 bits per heavy atom. The lowest BCUT2D eigenvalue weighted by atomic mass is 9.94. The number of methoxy groups -OCH3 is 1. The highest BCUT2D eigenvalue weighted by Gasteiger charge is 2.16. The Kier molecular flexibility index (Phi) is 4.40. The normalized spacial score (nSPS) is 14.7. The average molecular weight is 300 g/mol. The molecule has 0 saturated carbocycles. The molecule has 0 radical (unpaired) electrons. The second-order valence-corrected chi connectivity index (χ2v) is 4.99. The van der Waals surface area contributed by atoms with Crippen molar-refractivity contribution >= 4 is 15.9 Å². The number of rotatable bonds is 4. The number of fused-ring (bicyclic) bond motifs is 1. The van der Waals surface area contributed by atoms with Gasteiger partial charge in [-0.2, -0.15) is 0 Å². The van der Waals surface area contributed by atoms with Gasteiger partial charge in [-0.25, -0.2) is 0 Å². The predicted molar refractivity (Wildman–Crippen MR) is 71.9 cm³/mol. The van der Waals surface area contributed by atoms with E-state index in [4.69, 9.17) is 4.74 Å². The molecule has 4 heteroatoms. The minimum atomic E-state index is 0.138. The van der Waals surface area contributed by atoms with E-state index >= 15 is 0 Å². The van der Waals surface area contributed by atoms with Gasteiger partial charge < -0.3 is 9.30 Å². The summed E-state index contributed by atoms with van der Waals surface area (Å²) in [6.45, 7) is 1.26. The molecule has 0 unspecified atom stereocenters. The van der Waals surface area contributed by atoms with Gasteiger partial charge in [0.25, 0.3) is 5.56 Å². The second-order valence-electron chi connectivity index (χ2n) is 4.43. The molecule has 0 amide bonds. The molecule has 0 spiro atoms. The molecule has 1 aromatic rings. The molecule has 17 heavy (non-hydrogen) atoms. The van der Waals surface area contributed by atoms with Crippen molar-refractivity contribution in [2.45, 2.75) is 37.6 Å². The van der Waals surface area contributed by atoms with Gasteiger partial charge in [0.05, 0.1) is 6.61 Å². The fourth-order valence-electron chi connectivity index (χ4n) is 2.46. The van der Waals surface area contributed by atoms with E-state index in [-0.39, 0.29) is 5.56 Å². The number of hydrogen-bond donors (Lipinski definition) is 0. The molecule has 1 aliphatic rings. The molecule has 0 fully saturated rings. The van der Waals surface area contributed by atoms with Crippen LogP contribution in [0.1, 0.15) is 29.7 Å². The number of pyridine rings is 1. The molecule has 1 aliphatic carbocycles. The van der Waals surface area contributed by atoms with Crippen LogP contribution < -0.4 is 5.56 Å². The third-order valence-corrected chi connectivity index (χ3v) is 3.94. The first-order valence-corrected chi connectivity index (χ1v) is 7.19. The minimum Gasteiger partial charge on any atom is -0.383 e. The topological polar surface area (TPSA) is 31.2 Å². The lowest BCUT2D eigenvalue weighted by Crippen LogP contribution is -2.30. The van der Waals surface area contributed by atoms with Crippen molar-refractivity contribution in [2.75, 3.05) is 13.7 Å². The number of hydrogen-bond acceptors (Lipinski definition) is 2. The zero-order valence-electron chi connectivity index (χ0n) is 10.2. The summed E-state index contributed by atoms with van der Waals surface area (Å²) in [6.07, 6.45) is 4.55. The maximum atomic E-state index is 12.3. The molecule has 2 rings (SSSR count). The first-order valence-electron chi connectivity index (χ1n) is 6.07. The van der Waals surface area contributed by atoms with E-state index in [1.54, 1.807) is 7.11 Å². The van der Waals surface area contributed by atoms with Gasteiger partial charge in [-0.15, -0.1) is 0 Å². The quantitative estimate of drug-likeness (QED) is 0.799. The van der Waals surface area contributed by atoms with Gasteiger partial charge in [-0.05, 0) is 37.3 Å². The summed E-state index contributed by atoms with van der Waals surface area (Å²) in [5, 5.41) is 0.631. The minimum absolute atomic E-state index is 0.138. The molecular weight excluding hydrogens is 282 g/mol. The van der Waals surface area contributed by atoms with Gasteiger partial charge in [0.15, 0.2) is 0 Å². The molecule has 94 valence electrons. The van der Waals surface area contributed by atoms with Crippen LogP contribution in [0.5, 0.6) is 0 Å². The smallest absolute Gasteiger partial charge is 0.254 e. The van der Waals surface area contributed by atoms with Gasteiger partial charge in [0.2, 0.25) is 0 Å². The Hall–Kier alpha value is -0.610. The largest absolute Gasteiger partial charge is 0.383 e. The van der Waals surface area contributed by atoms with Crippen molar-refractivity contribution in [3.05, 3.63) is 33.2 Å². The van der Waals surface area contributed by atoms with Crippen LogP contribution in [-0.4, -0.2) is 18.3 Å². The van der Waals surface area contributed by atoms with Crippen molar-refractivity contribution in [1.82, 2.24) is 4.57 Å². The summed E-state index contributed by atoms with van der Waals surface area (Å²) in [5.74, 6) is 0. The first kappa shape index (κ1) is 12.8. The van der Waals surface area contributed by atoms with Crippen LogP contribution in [0.25, 0.3) is 0 Å². The molecular formula is C13H18BrNO2. The highest BCUT2D eigenvalue weighted by Crippen LogP contribution is 2.21. The molecule has 3 nitrogen and oxygen atoms in total. The lowest BCUT2D eigenvalue weighted by Gasteiger charge is -2.22. The monoisotopic (exact) mass is 299 g/mol. The second kappa shape index (κ2) is 5.83. The third-order valence-electron chi connectivity index (χ3n) is 3.34. The standard InChI is InChI=1S/C13H18BrNO2/c1-17-7-6-15-12-5-3-2-4-10(12)8-11(9-14)13(15)16/h8H,2-7,9H2,1H3. The Morgan fingerprint density at radius 2 is 2.18 bits per heavy atom. The SMILES string of the molecule is COCCn1c2c(cc(CBr)c1=O)CCCC2. The van der Waals surface area contributed by atoms with E-state index in [1.165, 1.54) is 24.1 Å². The predicted octanol–water partition coefficient (Wildman–Crippen LogP) is 2.27. The number of alkyl halides is 1. The van der Waals surface area contributed by atoms with Crippen LogP contribution in [0, 0.1) is 0 Å². The maximum absolute atomic E-state index is 12.3. The van der Waals surface area contributed by atoms with E-state index < -0.39 is 0 Å². The fourth-order valence-corrected chi connectivity index (χ4v) is 2.86. The third kappa shape index (κ3) is 2.63. The van der Waals surface area contributed by atoms with Crippen LogP contribution in [0.2, 0.25) is 0 Å². The summed E-state index contributed by atoms with van der Waals surface area (Å²) in [6, 6.07) is 2.08. The van der Waals surface area contributed by atoms with Gasteiger partial charge in [0, 0.05) is 30.2 Å². The zero-order valence-corrected chi connectivity index (χ0v) is 11.8. The highest BCUT2D eigenvalue weighted by molar-refractivity contribution is 9.08. The lowest BCUT2D eigenvalue weighted by molar-refractivity contribution is 0.185. The van der Waals surface area contributed by atoms with Crippen molar-refractivity contribution in [2.24, 2.45) is 0 Å². The van der Waals surface area contributed by atoms with Crippen LogP contribution in [0.3, 0.4) is 0 Å². The van der Waals surface area contributed by atoms with E-state index in [0.717, 1.165) is 18.4 Å². The molecule has 0 atom stereocenters. The molecule has 0 aliphatic heterocycles. The molecule has 0 saturated heterocycles. The van der Waals surface area contributed by atoms with Gasteiger partial charge in [-0.3, -0.25) is 4.79 Å². The van der Waals surface area contributed by atoms with Crippen LogP contribution in [0.15, 0.2) is 10.9 Å². The Morgan fingerprint density at radius 3 is 2.88 bits per heavy atom. The first-order chi connectivity index (χ1) is 8.27. The van der Waals surface area contributed by atoms with E-state index in [9.17, 15) is 4.79 Å². The van der Waals surface area contributed by atoms with Gasteiger partial charge >= 0.3 is 0 Å². The Balaban J connectivity index is 2.48. The van der Waals surface area contributed by atoms with Crippen LogP contribution in [-0.2, 0) is 29.5 Å². The van der Waals surface area contributed by atoms with E-state index in [2.05, 4.69) is 22.0 Å². The number of nitrogens with zero attached hydrogens (tertiary/aromatic N) is 1. The highest BCUT2D eigenvalue weighted by atomic mass is 79.9. The summed E-state index contributed by atoms with van der Waals surface area (Å²) in [4.78, 5) is 12.3. The number of aryl methyl sites for hydroxylation is 1. The molecule has 0 aromatic carbocycles. The molecule has 0 bridgehead atoms. The summed E-state index contributed by atoms with van der Waals surface area (Å²) < 4.78 is 7.01. The summed E-state index contributed by atoms with van der Waals surface area (Å²) >= 11 is 3.39. The Labute approximate surface area is 110 Å². The van der Waals surface area contributed by atoms with Crippen molar-refractivity contribution in [3.8, 4) is 0 Å². The van der Waals surface area contributed by atoms with E-state index in [1.807, 2.05) is 4.57 Å². The van der Waals surface area contributed by atoms with Crippen LogP contribution in [0.4, 0.5) is 0 Å². The summed E-state index contributed by atoms with van der Waals surface area (Å²) in [5.41, 5.74) is 3.57. The Bertz CT molecular complexity index is 453. The molecule has 1 aromatic heterocycles. The van der Waals surface area contributed by atoms with E-state index in [0.29, 0.717) is 18.5 Å².